The second-order valence-corrected chi connectivity index (χ2v) is 6.96. The van der Waals surface area contributed by atoms with E-state index in [2.05, 4.69) is 6.07 Å². The summed E-state index contributed by atoms with van der Waals surface area (Å²) in [5, 5.41) is 0. The third kappa shape index (κ3) is 4.54. The number of aryl methyl sites for hydroxylation is 2. The Balaban J connectivity index is 1.59. The SMILES string of the molecule is COc1cc2c(cc1OC)CN(C(=O)CCOc1cc(C)cc(C)c1)CC2. The van der Waals surface area contributed by atoms with Gasteiger partial charge in [0.25, 0.3) is 0 Å². The van der Waals surface area contributed by atoms with Gasteiger partial charge in [0.2, 0.25) is 5.91 Å². The summed E-state index contributed by atoms with van der Waals surface area (Å²) in [5.41, 5.74) is 4.65. The zero-order valence-electron chi connectivity index (χ0n) is 16.5. The Morgan fingerprint density at radius 3 is 2.22 bits per heavy atom. The Morgan fingerprint density at radius 1 is 0.963 bits per heavy atom. The second-order valence-electron chi connectivity index (χ2n) is 6.96. The van der Waals surface area contributed by atoms with Gasteiger partial charge in [-0.15, -0.1) is 0 Å². The van der Waals surface area contributed by atoms with Crippen LogP contribution in [-0.4, -0.2) is 38.2 Å². The van der Waals surface area contributed by atoms with Gasteiger partial charge in [-0.2, -0.15) is 0 Å². The lowest BCUT2D eigenvalue weighted by molar-refractivity contribution is -0.132. The average Bonchev–Trinajstić information content (AvgIpc) is 2.65. The minimum atomic E-state index is 0.111. The number of hydrogen-bond acceptors (Lipinski definition) is 4. The van der Waals surface area contributed by atoms with Gasteiger partial charge in [-0.3, -0.25) is 4.79 Å². The summed E-state index contributed by atoms with van der Waals surface area (Å²) in [7, 11) is 3.26. The summed E-state index contributed by atoms with van der Waals surface area (Å²) >= 11 is 0. The number of fused-ring (bicyclic) bond motifs is 1. The monoisotopic (exact) mass is 369 g/mol. The molecule has 5 nitrogen and oxygen atoms in total. The number of carbonyl (C=O) groups is 1. The molecule has 2 aromatic rings. The van der Waals surface area contributed by atoms with Crippen molar-refractivity contribution in [3.63, 3.8) is 0 Å². The summed E-state index contributed by atoms with van der Waals surface area (Å²) in [5.74, 6) is 2.36. The summed E-state index contributed by atoms with van der Waals surface area (Å²) in [4.78, 5) is 14.5. The number of carbonyl (C=O) groups excluding carboxylic acids is 1. The fraction of sp³-hybridized carbons (Fsp3) is 0.409. The predicted molar refractivity (Wildman–Crippen MR) is 105 cm³/mol. The summed E-state index contributed by atoms with van der Waals surface area (Å²) in [6, 6.07) is 10.1. The number of hydrogen-bond donors (Lipinski definition) is 0. The molecule has 1 amide bonds. The first-order chi connectivity index (χ1) is 13.0. The van der Waals surface area contributed by atoms with Gasteiger partial charge < -0.3 is 19.1 Å². The van der Waals surface area contributed by atoms with Crippen LogP contribution in [0.15, 0.2) is 30.3 Å². The number of ether oxygens (including phenoxy) is 3. The molecule has 0 N–H and O–H groups in total. The molecule has 2 aromatic carbocycles. The molecule has 0 fully saturated rings. The maximum Gasteiger partial charge on any atom is 0.226 e. The van der Waals surface area contributed by atoms with Crippen LogP contribution in [0.25, 0.3) is 0 Å². The van der Waals surface area contributed by atoms with Gasteiger partial charge in [0.15, 0.2) is 11.5 Å². The van der Waals surface area contributed by atoms with E-state index in [0.29, 0.717) is 31.9 Å². The Bertz CT molecular complexity index is 811. The molecule has 3 rings (SSSR count). The number of amides is 1. The molecule has 144 valence electrons. The topological polar surface area (TPSA) is 48.0 Å². The van der Waals surface area contributed by atoms with Crippen molar-refractivity contribution >= 4 is 5.91 Å². The van der Waals surface area contributed by atoms with E-state index in [9.17, 15) is 4.79 Å². The van der Waals surface area contributed by atoms with Crippen LogP contribution in [0.3, 0.4) is 0 Å². The van der Waals surface area contributed by atoms with Gasteiger partial charge in [0.1, 0.15) is 5.75 Å². The summed E-state index contributed by atoms with van der Waals surface area (Å²) in [6.07, 6.45) is 1.19. The molecule has 0 spiro atoms. The highest BCUT2D eigenvalue weighted by molar-refractivity contribution is 5.76. The van der Waals surface area contributed by atoms with Gasteiger partial charge in [-0.1, -0.05) is 6.07 Å². The van der Waals surface area contributed by atoms with Gasteiger partial charge in [-0.25, -0.2) is 0 Å². The highest BCUT2D eigenvalue weighted by Crippen LogP contribution is 2.33. The van der Waals surface area contributed by atoms with E-state index in [1.54, 1.807) is 14.2 Å². The minimum Gasteiger partial charge on any atom is -0.493 e. The maximum absolute atomic E-state index is 12.6. The molecule has 0 aromatic heterocycles. The molecule has 0 atom stereocenters. The van der Waals surface area contributed by atoms with E-state index in [1.165, 1.54) is 5.56 Å². The fourth-order valence-corrected chi connectivity index (χ4v) is 3.53. The molecule has 27 heavy (non-hydrogen) atoms. The van der Waals surface area contributed by atoms with E-state index in [4.69, 9.17) is 14.2 Å². The molecule has 0 aliphatic carbocycles. The van der Waals surface area contributed by atoms with Crippen LogP contribution in [0, 0.1) is 13.8 Å². The van der Waals surface area contributed by atoms with E-state index in [0.717, 1.165) is 34.6 Å². The molecule has 0 saturated heterocycles. The van der Waals surface area contributed by atoms with Crippen LogP contribution >= 0.6 is 0 Å². The molecular weight excluding hydrogens is 342 g/mol. The number of benzene rings is 2. The van der Waals surface area contributed by atoms with Crippen molar-refractivity contribution < 1.29 is 19.0 Å². The smallest absolute Gasteiger partial charge is 0.226 e. The quantitative estimate of drug-likeness (QED) is 0.779. The third-order valence-electron chi connectivity index (χ3n) is 4.85. The van der Waals surface area contributed by atoms with Gasteiger partial charge in [0, 0.05) is 13.1 Å². The molecule has 1 heterocycles. The molecule has 0 saturated carbocycles. The van der Waals surface area contributed by atoms with Crippen LogP contribution < -0.4 is 14.2 Å². The number of nitrogens with zero attached hydrogens (tertiary/aromatic N) is 1. The van der Waals surface area contributed by atoms with Crippen molar-refractivity contribution in [2.24, 2.45) is 0 Å². The lowest BCUT2D eigenvalue weighted by atomic mass is 9.98. The first-order valence-electron chi connectivity index (χ1n) is 9.23. The summed E-state index contributed by atoms with van der Waals surface area (Å²) < 4.78 is 16.5. The Hall–Kier alpha value is -2.69. The Labute approximate surface area is 160 Å². The average molecular weight is 369 g/mol. The van der Waals surface area contributed by atoms with E-state index >= 15 is 0 Å². The van der Waals surface area contributed by atoms with Crippen LogP contribution in [0.2, 0.25) is 0 Å². The van der Waals surface area contributed by atoms with Crippen molar-refractivity contribution in [2.45, 2.75) is 33.2 Å². The van der Waals surface area contributed by atoms with Crippen molar-refractivity contribution in [2.75, 3.05) is 27.4 Å². The predicted octanol–water partition coefficient (Wildman–Crippen LogP) is 3.67. The standard InChI is InChI=1S/C22H27NO4/c1-15-9-16(2)11-19(10-15)27-8-6-22(24)23-7-5-17-12-20(25-3)21(26-4)13-18(17)14-23/h9-13H,5-8,14H2,1-4H3. The lowest BCUT2D eigenvalue weighted by Crippen LogP contribution is -2.36. The first-order valence-corrected chi connectivity index (χ1v) is 9.23. The molecule has 0 bridgehead atoms. The van der Waals surface area contributed by atoms with Crippen molar-refractivity contribution in [3.8, 4) is 17.2 Å². The third-order valence-corrected chi connectivity index (χ3v) is 4.85. The normalized spacial score (nSPS) is 13.1. The zero-order chi connectivity index (χ0) is 19.4. The number of rotatable bonds is 6. The second kappa shape index (κ2) is 8.33. The Kier molecular flexibility index (Phi) is 5.89. The highest BCUT2D eigenvalue weighted by Gasteiger charge is 2.22. The first kappa shape index (κ1) is 19.1. The Morgan fingerprint density at radius 2 is 1.59 bits per heavy atom. The van der Waals surface area contributed by atoms with Crippen LogP contribution in [-0.2, 0) is 17.8 Å². The van der Waals surface area contributed by atoms with Gasteiger partial charge in [0.05, 0.1) is 27.2 Å². The molecule has 0 radical (unpaired) electrons. The lowest BCUT2D eigenvalue weighted by Gasteiger charge is -2.29. The highest BCUT2D eigenvalue weighted by atomic mass is 16.5. The van der Waals surface area contributed by atoms with Gasteiger partial charge in [-0.05, 0) is 66.8 Å². The largest absolute Gasteiger partial charge is 0.493 e. The number of methoxy groups -OCH3 is 2. The van der Waals surface area contributed by atoms with Crippen LogP contribution in [0.1, 0.15) is 28.7 Å². The van der Waals surface area contributed by atoms with Crippen LogP contribution in [0.5, 0.6) is 17.2 Å². The van der Waals surface area contributed by atoms with Crippen molar-refractivity contribution in [3.05, 3.63) is 52.6 Å². The molecule has 1 aliphatic rings. The van der Waals surface area contributed by atoms with Crippen LogP contribution in [0.4, 0.5) is 0 Å². The van der Waals surface area contributed by atoms with E-state index in [1.807, 2.05) is 43.0 Å². The molecule has 5 heteroatoms. The van der Waals surface area contributed by atoms with Crippen molar-refractivity contribution in [1.29, 1.82) is 0 Å². The van der Waals surface area contributed by atoms with Crippen molar-refractivity contribution in [1.82, 2.24) is 4.90 Å². The zero-order valence-corrected chi connectivity index (χ0v) is 16.5. The van der Waals surface area contributed by atoms with E-state index < -0.39 is 0 Å². The molecule has 1 aliphatic heterocycles. The van der Waals surface area contributed by atoms with Gasteiger partial charge >= 0.3 is 0 Å². The molecular formula is C22H27NO4. The summed E-state index contributed by atoms with van der Waals surface area (Å²) in [6.45, 7) is 5.78. The minimum absolute atomic E-state index is 0.111. The molecule has 0 unspecified atom stereocenters. The van der Waals surface area contributed by atoms with E-state index in [-0.39, 0.29) is 5.91 Å². The maximum atomic E-state index is 12.6. The fourth-order valence-electron chi connectivity index (χ4n) is 3.53.